The quantitative estimate of drug-likeness (QED) is 0.172. The van der Waals surface area contributed by atoms with Gasteiger partial charge in [0.05, 0.1) is 71.1 Å². The fourth-order valence-electron chi connectivity index (χ4n) is 5.98. The topological polar surface area (TPSA) is 168 Å². The van der Waals surface area contributed by atoms with Gasteiger partial charge in [-0.05, 0) is 20.8 Å². The summed E-state index contributed by atoms with van der Waals surface area (Å²) in [6, 6.07) is 8.76. The molecule has 290 valence electrons. The van der Waals surface area contributed by atoms with Crippen molar-refractivity contribution in [1.29, 1.82) is 0 Å². The van der Waals surface area contributed by atoms with E-state index in [-0.39, 0.29) is 83.7 Å². The number of benzene rings is 1. The van der Waals surface area contributed by atoms with E-state index in [4.69, 9.17) is 23.7 Å². The summed E-state index contributed by atoms with van der Waals surface area (Å²) in [5.41, 5.74) is 0.831. The highest BCUT2D eigenvalue weighted by atomic mass is 32.2. The molecule has 1 aromatic rings. The summed E-state index contributed by atoms with van der Waals surface area (Å²) >= 11 is 0. The Balaban J connectivity index is 1.74. The molecule has 51 heavy (non-hydrogen) atoms. The highest BCUT2D eigenvalue weighted by Gasteiger charge is 2.34. The molecule has 0 radical (unpaired) electrons. The van der Waals surface area contributed by atoms with Gasteiger partial charge in [0.2, 0.25) is 10.0 Å². The molecule has 1 aromatic carbocycles. The number of carbonyl (C=O) groups excluding carboxylic acids is 3. The number of carbonyl (C=O) groups is 3. The summed E-state index contributed by atoms with van der Waals surface area (Å²) in [6.07, 6.45) is -0.578. The summed E-state index contributed by atoms with van der Waals surface area (Å²) in [5, 5.41) is 11.4. The van der Waals surface area contributed by atoms with E-state index in [1.54, 1.807) is 20.8 Å². The smallest absolute Gasteiger partial charge is 0.320 e. The molecule has 0 spiro atoms. The van der Waals surface area contributed by atoms with Crippen LogP contribution in [0.25, 0.3) is 0 Å². The van der Waals surface area contributed by atoms with Crippen molar-refractivity contribution in [3.63, 3.8) is 0 Å². The number of nitrogens with zero attached hydrogens (tertiary/aromatic N) is 5. The highest BCUT2D eigenvalue weighted by molar-refractivity contribution is 7.88. The van der Waals surface area contributed by atoms with Crippen LogP contribution in [0.5, 0.6) is 0 Å². The number of hydrogen-bond acceptors (Lipinski definition) is 15. The first-order valence-corrected chi connectivity index (χ1v) is 19.6. The Labute approximate surface area is 302 Å². The summed E-state index contributed by atoms with van der Waals surface area (Å²) in [6.45, 7) is 9.79. The molecule has 1 atom stereocenters. The normalized spacial score (nSPS) is 21.7. The molecule has 0 aliphatic carbocycles. The standard InChI is InChI=1S/C34H57N5O11S/c1-5-46-31(41)23-36-15-13-35(14-16-37(24-32(42)47-6-2)18-20-38(19-17-36)25-33(43)48-7-3)21-30(40)22-39(51(4,44)45)29-26-49-34(50-27-29)28-11-9-8-10-12-28/h8-12,29-30,34,40H,5-7,13-27H2,1-4H3. The third kappa shape index (κ3) is 15.8. The second kappa shape index (κ2) is 22.4. The largest absolute Gasteiger partial charge is 0.465 e. The number of ether oxygens (including phenoxy) is 5. The lowest BCUT2D eigenvalue weighted by Gasteiger charge is -2.37. The number of esters is 3. The molecule has 1 unspecified atom stereocenters. The van der Waals surface area contributed by atoms with Crippen LogP contribution >= 0.6 is 0 Å². The van der Waals surface area contributed by atoms with E-state index in [1.807, 2.05) is 49.9 Å². The lowest BCUT2D eigenvalue weighted by Crippen LogP contribution is -2.53. The molecule has 2 aliphatic rings. The van der Waals surface area contributed by atoms with Gasteiger partial charge in [0.25, 0.3) is 0 Å². The lowest BCUT2D eigenvalue weighted by molar-refractivity contribution is -0.203. The van der Waals surface area contributed by atoms with Crippen LogP contribution in [0.4, 0.5) is 0 Å². The molecule has 2 heterocycles. The Hall–Kier alpha value is -2.74. The van der Waals surface area contributed by atoms with Crippen molar-refractivity contribution in [1.82, 2.24) is 23.9 Å². The van der Waals surface area contributed by atoms with Gasteiger partial charge in [0.1, 0.15) is 0 Å². The Morgan fingerprint density at radius 2 is 1.14 bits per heavy atom. The summed E-state index contributed by atoms with van der Waals surface area (Å²) in [7, 11) is -3.75. The summed E-state index contributed by atoms with van der Waals surface area (Å²) < 4.78 is 54.5. The summed E-state index contributed by atoms with van der Waals surface area (Å²) in [4.78, 5) is 45.3. The first kappa shape index (κ1) is 42.7. The summed E-state index contributed by atoms with van der Waals surface area (Å²) in [5.74, 6) is -1.10. The molecule has 17 heteroatoms. The molecule has 16 nitrogen and oxygen atoms in total. The van der Waals surface area contributed by atoms with E-state index >= 15 is 0 Å². The number of sulfonamides is 1. The van der Waals surface area contributed by atoms with Crippen molar-refractivity contribution in [2.45, 2.75) is 39.2 Å². The van der Waals surface area contributed by atoms with Gasteiger partial charge >= 0.3 is 17.9 Å². The van der Waals surface area contributed by atoms with E-state index in [9.17, 15) is 27.9 Å². The third-order valence-corrected chi connectivity index (χ3v) is 9.85. The Kier molecular flexibility index (Phi) is 18.7. The first-order valence-electron chi connectivity index (χ1n) is 17.7. The zero-order valence-electron chi connectivity index (χ0n) is 30.5. The lowest BCUT2D eigenvalue weighted by atomic mass is 10.2. The molecule has 0 aromatic heterocycles. The second-order valence-electron chi connectivity index (χ2n) is 12.6. The molecule has 0 saturated carbocycles. The minimum atomic E-state index is -3.75. The average Bonchev–Trinajstić information content (AvgIpc) is 3.08. The molecule has 2 saturated heterocycles. The van der Waals surface area contributed by atoms with Gasteiger partial charge in [0, 0.05) is 71.0 Å². The van der Waals surface area contributed by atoms with Gasteiger partial charge < -0.3 is 28.8 Å². The van der Waals surface area contributed by atoms with Gasteiger partial charge in [-0.1, -0.05) is 30.3 Å². The van der Waals surface area contributed by atoms with Crippen molar-refractivity contribution in [3.8, 4) is 0 Å². The predicted octanol–water partition coefficient (Wildman–Crippen LogP) is -0.366. The van der Waals surface area contributed by atoms with Gasteiger partial charge in [-0.15, -0.1) is 0 Å². The van der Waals surface area contributed by atoms with Crippen LogP contribution in [0.1, 0.15) is 32.6 Å². The Bertz CT molecular complexity index is 1260. The molecule has 3 rings (SSSR count). The van der Waals surface area contributed by atoms with Crippen LogP contribution in [-0.2, 0) is 48.1 Å². The van der Waals surface area contributed by atoms with Gasteiger partial charge in [-0.2, -0.15) is 4.31 Å². The number of β-amino-alcohol motifs (C(OH)–C–C–N with tert-alkyl or cyclic N) is 1. The highest BCUT2D eigenvalue weighted by Crippen LogP contribution is 2.25. The van der Waals surface area contributed by atoms with Crippen LogP contribution in [0.2, 0.25) is 0 Å². The minimum Gasteiger partial charge on any atom is -0.465 e. The number of aliphatic hydroxyl groups excluding tert-OH is 1. The van der Waals surface area contributed by atoms with Gasteiger partial charge in [0.15, 0.2) is 6.29 Å². The van der Waals surface area contributed by atoms with Crippen LogP contribution in [0.15, 0.2) is 30.3 Å². The van der Waals surface area contributed by atoms with Crippen LogP contribution in [-0.4, -0.2) is 192 Å². The van der Waals surface area contributed by atoms with E-state index in [0.29, 0.717) is 52.4 Å². The monoisotopic (exact) mass is 743 g/mol. The Morgan fingerprint density at radius 3 is 1.51 bits per heavy atom. The molecule has 2 fully saturated rings. The van der Waals surface area contributed by atoms with E-state index in [2.05, 4.69) is 0 Å². The van der Waals surface area contributed by atoms with Crippen molar-refractivity contribution >= 4 is 27.9 Å². The van der Waals surface area contributed by atoms with Gasteiger partial charge in [-0.25, -0.2) is 8.42 Å². The van der Waals surface area contributed by atoms with Crippen molar-refractivity contribution < 1.29 is 51.6 Å². The number of rotatable bonds is 16. The van der Waals surface area contributed by atoms with Crippen molar-refractivity contribution in [2.75, 3.05) is 124 Å². The van der Waals surface area contributed by atoms with E-state index in [0.717, 1.165) is 11.8 Å². The van der Waals surface area contributed by atoms with Crippen molar-refractivity contribution in [3.05, 3.63) is 35.9 Å². The minimum absolute atomic E-state index is 0.0416. The Morgan fingerprint density at radius 1 is 0.745 bits per heavy atom. The van der Waals surface area contributed by atoms with Crippen LogP contribution in [0, 0.1) is 0 Å². The molecule has 2 aliphatic heterocycles. The molecule has 0 bridgehead atoms. The third-order valence-electron chi connectivity index (χ3n) is 8.55. The SMILES string of the molecule is CCOC(=O)CN1CCN(CC(=O)OCC)CCN(CC(O)CN(C2COC(c3ccccc3)OC2)S(C)(=O)=O)CCN(CC(=O)OCC)CC1. The van der Waals surface area contributed by atoms with Gasteiger partial charge in [-0.3, -0.25) is 34.0 Å². The maximum Gasteiger partial charge on any atom is 0.320 e. The predicted molar refractivity (Wildman–Crippen MR) is 188 cm³/mol. The van der Waals surface area contributed by atoms with Crippen LogP contribution in [0.3, 0.4) is 0 Å². The molecule has 1 N–H and O–H groups in total. The zero-order valence-corrected chi connectivity index (χ0v) is 31.3. The zero-order chi connectivity index (χ0) is 37.2. The fraction of sp³-hybridized carbons (Fsp3) is 0.735. The maximum absolute atomic E-state index is 12.9. The number of hydrogen-bond donors (Lipinski definition) is 1. The number of aliphatic hydroxyl groups is 1. The molecular formula is C34H57N5O11S. The van der Waals surface area contributed by atoms with Crippen LogP contribution < -0.4 is 0 Å². The molecule has 0 amide bonds. The second-order valence-corrected chi connectivity index (χ2v) is 14.5. The fourth-order valence-corrected chi connectivity index (χ4v) is 7.09. The first-order chi connectivity index (χ1) is 24.4. The van der Waals surface area contributed by atoms with Crippen molar-refractivity contribution in [2.24, 2.45) is 0 Å². The molecular weight excluding hydrogens is 686 g/mol. The van der Waals surface area contributed by atoms with E-state index < -0.39 is 28.5 Å². The van der Waals surface area contributed by atoms with E-state index in [1.165, 1.54) is 4.31 Å². The average molecular weight is 744 g/mol. The maximum atomic E-state index is 12.9.